The highest BCUT2D eigenvalue weighted by molar-refractivity contribution is 5.75. The molecule has 23 heteroatoms. The lowest BCUT2D eigenvalue weighted by atomic mass is 9.98. The van der Waals surface area contributed by atoms with Crippen molar-refractivity contribution in [2.75, 3.05) is 139 Å². The van der Waals surface area contributed by atoms with Crippen molar-refractivity contribution in [3.8, 4) is 0 Å². The summed E-state index contributed by atoms with van der Waals surface area (Å²) in [5, 5.41) is 38.1. The van der Waals surface area contributed by atoms with E-state index in [0.29, 0.717) is 0 Å². The normalized spacial score (nSPS) is 6.43. The fraction of sp³-hybridized carbons (Fsp3) is 0.910. The molecule has 0 aliphatic heterocycles. The van der Waals surface area contributed by atoms with Crippen molar-refractivity contribution in [3.05, 3.63) is 0 Å². The van der Waals surface area contributed by atoms with E-state index >= 15 is 0 Å². The van der Waals surface area contributed by atoms with E-state index < -0.39 is 16.8 Å². The van der Waals surface area contributed by atoms with Gasteiger partial charge in [-0.2, -0.15) is 0 Å². The maximum Gasteiger partial charge on any atom is 0.331 e. The van der Waals surface area contributed by atoms with Crippen molar-refractivity contribution in [1.82, 2.24) is 0 Å². The lowest BCUT2D eigenvalue weighted by Gasteiger charge is -2.15. The van der Waals surface area contributed by atoms with Gasteiger partial charge in [-0.25, -0.2) is 19.2 Å². The van der Waals surface area contributed by atoms with Crippen molar-refractivity contribution < 1.29 is 111 Å². The van der Waals surface area contributed by atoms with Crippen LogP contribution in [-0.4, -0.2) is 200 Å². The molecule has 0 radical (unpaired) electrons. The average Bonchev–Trinajstić information content (AvgIpc) is 3.53. The molecule has 0 heterocycles. The fourth-order valence-electron chi connectivity index (χ4n) is 1.04. The molecule has 90 heavy (non-hydrogen) atoms. The van der Waals surface area contributed by atoms with Gasteiger partial charge in [0.05, 0.1) is 39.3 Å². The fourth-order valence-corrected chi connectivity index (χ4v) is 1.04. The van der Waals surface area contributed by atoms with Gasteiger partial charge in [0.2, 0.25) is 0 Å². The first-order chi connectivity index (χ1) is 38.9. The number of aliphatic carboxylic acids is 1. The number of carbonyl (C=O) groups is 6. The smallest absolute Gasteiger partial charge is 0.331 e. The van der Waals surface area contributed by atoms with Crippen molar-refractivity contribution >= 4 is 35.8 Å². The van der Waals surface area contributed by atoms with Crippen molar-refractivity contribution in [3.63, 3.8) is 0 Å². The topological polar surface area (TPSA) is 314 Å². The molecule has 0 aliphatic carbocycles. The van der Waals surface area contributed by atoms with Crippen LogP contribution in [0.5, 0.6) is 0 Å². The summed E-state index contributed by atoms with van der Waals surface area (Å²) in [6, 6.07) is 0. The Morgan fingerprint density at radius 2 is 0.422 bits per heavy atom. The average molecular weight is 1360 g/mol. The highest BCUT2D eigenvalue weighted by atomic mass is 16.7. The van der Waals surface area contributed by atoms with Crippen molar-refractivity contribution in [2.24, 2.45) is 10.8 Å². The SMILES string of the molecule is C.C.C.C.C.C.C.C.CC.CC.CC.CC.CC.CC.CC.CC.CC.CC.CC.CC.CC(C)(C)C(=O)O.CCO.CO.COCC(=O)OC.COCC(=O)OC.COCC(=O)OC.COCC(=O)OC.COCO.COCO.COCOC(=O)C(C)(C)C. The minimum Gasteiger partial charge on any atom is -0.481 e. The van der Waals surface area contributed by atoms with E-state index in [9.17, 15) is 28.8 Å². The first-order valence-corrected chi connectivity index (χ1v) is 28.3. The van der Waals surface area contributed by atoms with Crippen LogP contribution in [0.3, 0.4) is 0 Å². The van der Waals surface area contributed by atoms with Crippen LogP contribution in [0.15, 0.2) is 0 Å². The Bertz CT molecular complexity index is 779. The number of hydrogen-bond donors (Lipinski definition) is 5. The number of ether oxygens (including phenoxy) is 12. The number of hydrogen-bond acceptors (Lipinski definition) is 22. The summed E-state index contributed by atoms with van der Waals surface area (Å²) in [6.45, 7) is 60.1. The molecule has 0 amide bonds. The van der Waals surface area contributed by atoms with E-state index in [4.69, 9.17) is 30.3 Å². The minimum atomic E-state index is -0.757. The molecule has 0 aromatic rings. The quantitative estimate of drug-likeness (QED) is 0.0688. The Labute approximate surface area is 568 Å². The van der Waals surface area contributed by atoms with E-state index in [2.05, 4.69) is 52.1 Å². The van der Waals surface area contributed by atoms with Crippen LogP contribution in [0.2, 0.25) is 0 Å². The molecule has 5 N–H and O–H groups in total. The Hall–Kier alpha value is -3.62. The number of methoxy groups -OCH3 is 11. The van der Waals surface area contributed by atoms with E-state index in [1.54, 1.807) is 48.5 Å². The van der Waals surface area contributed by atoms with Crippen LogP contribution in [0.25, 0.3) is 0 Å². The third-order valence-electron chi connectivity index (χ3n) is 3.78. The molecule has 0 spiro atoms. The zero-order chi connectivity index (χ0) is 72.6. The Morgan fingerprint density at radius 1 is 0.300 bits per heavy atom. The molecule has 0 bridgehead atoms. The zero-order valence-electron chi connectivity index (χ0n) is 62.2. The standard InChI is InChI=1S/C7H14O3.C5H10O2.4C4H8O3.2C2H6O2.C2H6O.12C2H6.CH4O.8CH4/c1-7(2,3)6(8)10-5-9-4;1-5(2,3)4(6)7;4*1-6-3-4(5)7-2;2*1-4-2-3;1-2-3;13*1-2;;;;;;;;/h5H2,1-4H3;1-3H3,(H,6,7);4*3H2,1-2H3;2*3H,2H2,1H3;3H,2H2,1H3;12*1-2H3;2H,1H3;8*1H4. The number of carbonyl (C=O) groups excluding carboxylic acids is 5. The third kappa shape index (κ3) is 496. The monoisotopic (exact) mass is 1360 g/mol. The number of aliphatic hydroxyl groups excluding tert-OH is 4. The Morgan fingerprint density at radius 3 is 0.467 bits per heavy atom. The van der Waals surface area contributed by atoms with Crippen LogP contribution in [0, 0.1) is 10.8 Å². The molecule has 588 valence electrons. The Kier molecular flexibility index (Phi) is 622. The van der Waals surface area contributed by atoms with Gasteiger partial charge < -0.3 is 82.4 Å². The highest BCUT2D eigenvalue weighted by Crippen LogP contribution is 2.14. The number of aliphatic hydroxyl groups is 4. The summed E-state index contributed by atoms with van der Waals surface area (Å²) in [6.07, 6.45) is 0. The van der Waals surface area contributed by atoms with Gasteiger partial charge in [0.15, 0.2) is 6.79 Å². The summed E-state index contributed by atoms with van der Waals surface area (Å²) >= 11 is 0. The molecule has 0 saturated carbocycles. The molecule has 23 nitrogen and oxygen atoms in total. The first-order valence-electron chi connectivity index (χ1n) is 28.3. The second-order valence-corrected chi connectivity index (χ2v) is 10.8. The molecule has 0 aromatic heterocycles. The summed E-state index contributed by atoms with van der Waals surface area (Å²) in [4.78, 5) is 61.2. The van der Waals surface area contributed by atoms with Gasteiger partial charge in [-0.1, -0.05) is 226 Å². The molecular weight excluding hydrogens is 1170 g/mol. The Balaban J connectivity index is -0.0000000153. The number of carboxylic acid groups (broad SMARTS) is 1. The molecule has 0 atom stereocenters. The lowest BCUT2D eigenvalue weighted by Crippen LogP contribution is -2.23. The maximum atomic E-state index is 10.9. The number of esters is 5. The second kappa shape index (κ2) is 283. The van der Waals surface area contributed by atoms with Crippen LogP contribution in [0.4, 0.5) is 0 Å². The molecular formula is C67H182O23. The number of carboxylic acids is 1. The molecule has 0 fully saturated rings. The third-order valence-corrected chi connectivity index (χ3v) is 3.78. The van der Waals surface area contributed by atoms with E-state index in [0.717, 1.165) is 7.11 Å². The summed E-state index contributed by atoms with van der Waals surface area (Å²) in [5.74, 6) is -2.38. The molecule has 0 saturated heterocycles. The molecule has 0 unspecified atom stereocenters. The van der Waals surface area contributed by atoms with Gasteiger partial charge in [0, 0.05) is 63.5 Å². The van der Waals surface area contributed by atoms with Crippen molar-refractivity contribution in [2.45, 2.75) is 274 Å². The van der Waals surface area contributed by atoms with Crippen LogP contribution in [-0.2, 0) is 85.6 Å². The van der Waals surface area contributed by atoms with E-state index in [1.807, 2.05) is 166 Å². The largest absolute Gasteiger partial charge is 0.481 e. The first kappa shape index (κ1) is 198. The van der Waals surface area contributed by atoms with Gasteiger partial charge in [-0.15, -0.1) is 0 Å². The predicted molar refractivity (Wildman–Crippen MR) is 399 cm³/mol. The lowest BCUT2D eigenvalue weighted by molar-refractivity contribution is -0.163. The van der Waals surface area contributed by atoms with Crippen LogP contribution >= 0.6 is 0 Å². The highest BCUT2D eigenvalue weighted by Gasteiger charge is 2.22. The summed E-state index contributed by atoms with van der Waals surface area (Å²) in [7, 11) is 16.4. The van der Waals surface area contributed by atoms with Gasteiger partial charge in [0.1, 0.15) is 40.0 Å². The maximum absolute atomic E-state index is 10.9. The van der Waals surface area contributed by atoms with Gasteiger partial charge in [0.25, 0.3) is 0 Å². The summed E-state index contributed by atoms with van der Waals surface area (Å²) in [5.41, 5.74) is -1.02. The van der Waals surface area contributed by atoms with Gasteiger partial charge in [-0.05, 0) is 48.5 Å². The molecule has 0 aliphatic rings. The van der Waals surface area contributed by atoms with Crippen molar-refractivity contribution in [1.29, 1.82) is 0 Å². The number of rotatable bonds is 12. The second-order valence-electron chi connectivity index (χ2n) is 10.8. The molecule has 0 aromatic carbocycles. The van der Waals surface area contributed by atoms with E-state index in [1.165, 1.54) is 78.2 Å². The van der Waals surface area contributed by atoms with Gasteiger partial charge in [-0.3, -0.25) is 9.59 Å². The van der Waals surface area contributed by atoms with Crippen LogP contribution in [0.1, 0.15) is 274 Å². The zero-order valence-corrected chi connectivity index (χ0v) is 62.2. The van der Waals surface area contributed by atoms with Gasteiger partial charge >= 0.3 is 35.8 Å². The molecule has 0 rings (SSSR count). The summed E-state index contributed by atoms with van der Waals surface area (Å²) < 4.78 is 52.0. The minimum absolute atomic E-state index is 0. The predicted octanol–water partition coefficient (Wildman–Crippen LogP) is 17.7. The van der Waals surface area contributed by atoms with Crippen LogP contribution < -0.4 is 0 Å². The van der Waals surface area contributed by atoms with E-state index in [-0.39, 0.29) is 143 Å².